The van der Waals surface area contributed by atoms with Gasteiger partial charge in [-0.1, -0.05) is 29.8 Å². The average molecular weight is 369 g/mol. The number of rotatable bonds is 5. The quantitative estimate of drug-likeness (QED) is 0.524. The van der Waals surface area contributed by atoms with Crippen molar-refractivity contribution in [3.8, 4) is 11.3 Å². The number of furan rings is 1. The Kier molecular flexibility index (Phi) is 5.15. The van der Waals surface area contributed by atoms with Crippen LogP contribution in [-0.4, -0.2) is 23.2 Å². The van der Waals surface area contributed by atoms with Crippen LogP contribution in [0.4, 0.5) is 0 Å². The number of aromatic carboxylic acids is 1. The normalized spacial score (nSPS) is 10.8. The zero-order chi connectivity index (χ0) is 18.5. The van der Waals surface area contributed by atoms with E-state index in [4.69, 9.17) is 21.1 Å². The van der Waals surface area contributed by atoms with E-state index < -0.39 is 5.97 Å². The van der Waals surface area contributed by atoms with Crippen LogP contribution >= 0.6 is 11.6 Å². The molecule has 0 spiro atoms. The lowest BCUT2D eigenvalue weighted by Crippen LogP contribution is -2.17. The molecule has 2 aromatic carbocycles. The molecule has 0 unspecified atom stereocenters. The van der Waals surface area contributed by atoms with E-state index >= 15 is 0 Å². The maximum absolute atomic E-state index is 11.9. The van der Waals surface area contributed by atoms with Crippen molar-refractivity contribution >= 4 is 29.7 Å². The Morgan fingerprint density at radius 3 is 2.50 bits per heavy atom. The second-order valence-corrected chi connectivity index (χ2v) is 5.73. The maximum atomic E-state index is 11.9. The summed E-state index contributed by atoms with van der Waals surface area (Å²) in [6, 6.07) is 16.3. The lowest BCUT2D eigenvalue weighted by atomic mass is 10.1. The molecular formula is C19H13ClN2O4. The predicted octanol–water partition coefficient (Wildman–Crippen LogP) is 4.06. The summed E-state index contributed by atoms with van der Waals surface area (Å²) in [5, 5.41) is 13.2. The Morgan fingerprint density at radius 1 is 1.04 bits per heavy atom. The van der Waals surface area contributed by atoms with Gasteiger partial charge in [0.1, 0.15) is 11.5 Å². The van der Waals surface area contributed by atoms with Gasteiger partial charge in [0.25, 0.3) is 5.91 Å². The Labute approximate surface area is 153 Å². The third kappa shape index (κ3) is 4.17. The van der Waals surface area contributed by atoms with Crippen molar-refractivity contribution in [3.05, 3.63) is 82.6 Å². The second kappa shape index (κ2) is 7.67. The van der Waals surface area contributed by atoms with E-state index in [-0.39, 0.29) is 11.5 Å². The number of hydrogen-bond donors (Lipinski definition) is 2. The van der Waals surface area contributed by atoms with Gasteiger partial charge in [0.2, 0.25) is 0 Å². The van der Waals surface area contributed by atoms with Crippen molar-refractivity contribution in [3.63, 3.8) is 0 Å². The summed E-state index contributed by atoms with van der Waals surface area (Å²) in [5.74, 6) is -0.377. The second-order valence-electron chi connectivity index (χ2n) is 5.29. The number of hydrogen-bond acceptors (Lipinski definition) is 4. The maximum Gasteiger partial charge on any atom is 0.335 e. The third-order valence-corrected chi connectivity index (χ3v) is 3.72. The molecule has 1 aromatic heterocycles. The van der Waals surface area contributed by atoms with E-state index in [1.54, 1.807) is 42.5 Å². The summed E-state index contributed by atoms with van der Waals surface area (Å²) in [4.78, 5) is 22.8. The van der Waals surface area contributed by atoms with Crippen LogP contribution in [0.25, 0.3) is 11.3 Å². The van der Waals surface area contributed by atoms with Gasteiger partial charge in [0.15, 0.2) is 0 Å². The van der Waals surface area contributed by atoms with Crippen molar-refractivity contribution in [2.75, 3.05) is 0 Å². The molecule has 3 rings (SSSR count). The number of carboxylic acids is 1. The molecule has 0 saturated heterocycles. The number of hydrazone groups is 1. The van der Waals surface area contributed by atoms with Crippen LogP contribution in [0.3, 0.4) is 0 Å². The highest BCUT2D eigenvalue weighted by molar-refractivity contribution is 6.30. The van der Waals surface area contributed by atoms with Gasteiger partial charge in [-0.05, 0) is 42.5 Å². The molecule has 0 aliphatic heterocycles. The molecule has 0 saturated carbocycles. The molecule has 0 aliphatic carbocycles. The van der Waals surface area contributed by atoms with Gasteiger partial charge < -0.3 is 9.52 Å². The van der Waals surface area contributed by atoms with Crippen LogP contribution in [0, 0.1) is 0 Å². The molecular weight excluding hydrogens is 356 g/mol. The van der Waals surface area contributed by atoms with E-state index in [9.17, 15) is 9.59 Å². The smallest absolute Gasteiger partial charge is 0.335 e. The molecule has 7 heteroatoms. The van der Waals surface area contributed by atoms with Crippen LogP contribution in [0.2, 0.25) is 5.02 Å². The number of carbonyl (C=O) groups is 2. The fourth-order valence-electron chi connectivity index (χ4n) is 2.20. The zero-order valence-corrected chi connectivity index (χ0v) is 14.1. The highest BCUT2D eigenvalue weighted by atomic mass is 35.5. The summed E-state index contributed by atoms with van der Waals surface area (Å²) < 4.78 is 5.61. The average Bonchev–Trinajstić information content (AvgIpc) is 3.10. The molecule has 0 bridgehead atoms. The van der Waals surface area contributed by atoms with Gasteiger partial charge in [0, 0.05) is 16.1 Å². The Balaban J connectivity index is 1.65. The lowest BCUT2D eigenvalue weighted by Gasteiger charge is -1.99. The van der Waals surface area contributed by atoms with E-state index in [1.165, 1.54) is 24.4 Å². The van der Waals surface area contributed by atoms with Gasteiger partial charge in [-0.25, -0.2) is 10.2 Å². The zero-order valence-electron chi connectivity index (χ0n) is 13.3. The molecule has 0 aliphatic rings. The van der Waals surface area contributed by atoms with E-state index in [2.05, 4.69) is 10.5 Å². The molecule has 0 atom stereocenters. The Morgan fingerprint density at radius 2 is 1.81 bits per heavy atom. The summed E-state index contributed by atoms with van der Waals surface area (Å²) in [7, 11) is 0. The SMILES string of the molecule is O=C(O)c1ccc(-c2ccc(/C=N\NC(=O)c3cccc(Cl)c3)o2)cc1. The third-order valence-electron chi connectivity index (χ3n) is 3.49. The number of carbonyl (C=O) groups excluding carboxylic acids is 1. The van der Waals surface area contributed by atoms with Crippen LogP contribution in [-0.2, 0) is 0 Å². The van der Waals surface area contributed by atoms with E-state index in [1.807, 2.05) is 0 Å². The summed E-state index contributed by atoms with van der Waals surface area (Å²) >= 11 is 5.84. The van der Waals surface area contributed by atoms with Crippen LogP contribution in [0.5, 0.6) is 0 Å². The highest BCUT2D eigenvalue weighted by Gasteiger charge is 2.07. The lowest BCUT2D eigenvalue weighted by molar-refractivity contribution is 0.0696. The monoisotopic (exact) mass is 368 g/mol. The number of amides is 1. The standard InChI is InChI=1S/C19H13ClN2O4/c20-15-3-1-2-14(10-15)18(23)22-21-11-16-8-9-17(26-16)12-4-6-13(7-5-12)19(24)25/h1-11H,(H,22,23)(H,24,25)/b21-11-. The molecule has 0 radical (unpaired) electrons. The number of halogens is 1. The number of carboxylic acid groups (broad SMARTS) is 1. The summed E-state index contributed by atoms with van der Waals surface area (Å²) in [5.41, 5.74) is 3.72. The molecule has 0 fully saturated rings. The molecule has 1 amide bonds. The van der Waals surface area contributed by atoms with Crippen molar-refractivity contribution in [2.24, 2.45) is 5.10 Å². The van der Waals surface area contributed by atoms with Gasteiger partial charge in [0.05, 0.1) is 11.8 Å². The number of benzene rings is 2. The first-order valence-corrected chi connectivity index (χ1v) is 7.93. The Hall–Kier alpha value is -3.38. The fourth-order valence-corrected chi connectivity index (χ4v) is 2.39. The highest BCUT2D eigenvalue weighted by Crippen LogP contribution is 2.22. The van der Waals surface area contributed by atoms with Crippen molar-refractivity contribution in [1.29, 1.82) is 0 Å². The molecule has 26 heavy (non-hydrogen) atoms. The molecule has 130 valence electrons. The van der Waals surface area contributed by atoms with Crippen molar-refractivity contribution < 1.29 is 19.1 Å². The first-order valence-electron chi connectivity index (χ1n) is 7.55. The fraction of sp³-hybridized carbons (Fsp3) is 0. The first kappa shape index (κ1) is 17.4. The van der Waals surface area contributed by atoms with Gasteiger partial charge >= 0.3 is 5.97 Å². The predicted molar refractivity (Wildman–Crippen MR) is 97.6 cm³/mol. The van der Waals surface area contributed by atoms with E-state index in [0.29, 0.717) is 22.1 Å². The molecule has 2 N–H and O–H groups in total. The molecule has 6 nitrogen and oxygen atoms in total. The summed E-state index contributed by atoms with van der Waals surface area (Å²) in [6.45, 7) is 0. The van der Waals surface area contributed by atoms with Gasteiger partial charge in [-0.2, -0.15) is 5.10 Å². The van der Waals surface area contributed by atoms with Crippen LogP contribution in [0.1, 0.15) is 26.5 Å². The topological polar surface area (TPSA) is 91.9 Å². The van der Waals surface area contributed by atoms with Gasteiger partial charge in [-0.15, -0.1) is 0 Å². The minimum absolute atomic E-state index is 0.200. The van der Waals surface area contributed by atoms with Gasteiger partial charge in [-0.3, -0.25) is 4.79 Å². The van der Waals surface area contributed by atoms with E-state index in [0.717, 1.165) is 5.56 Å². The largest absolute Gasteiger partial charge is 0.478 e. The number of nitrogens with one attached hydrogen (secondary N) is 1. The van der Waals surface area contributed by atoms with Crippen LogP contribution < -0.4 is 5.43 Å². The minimum Gasteiger partial charge on any atom is -0.478 e. The first-order chi connectivity index (χ1) is 12.5. The summed E-state index contributed by atoms with van der Waals surface area (Å²) in [6.07, 6.45) is 1.37. The molecule has 1 heterocycles. The molecule has 3 aromatic rings. The van der Waals surface area contributed by atoms with Crippen LogP contribution in [0.15, 0.2) is 70.2 Å². The Bertz CT molecular complexity index is 977. The van der Waals surface area contributed by atoms with Crippen molar-refractivity contribution in [1.82, 2.24) is 5.43 Å². The minimum atomic E-state index is -0.987. The van der Waals surface area contributed by atoms with Crippen molar-refractivity contribution in [2.45, 2.75) is 0 Å². The number of nitrogens with zero attached hydrogens (tertiary/aromatic N) is 1.